The molecule has 2 aromatic carbocycles. The smallest absolute Gasteiger partial charge is 0.356 e. The second kappa shape index (κ2) is 9.40. The van der Waals surface area contributed by atoms with E-state index in [0.29, 0.717) is 12.1 Å². The molecule has 4 aromatic rings. The first-order valence-electron chi connectivity index (χ1n) is 11.1. The Kier molecular flexibility index (Phi) is 6.51. The maximum Gasteiger partial charge on any atom is 0.416 e. The molecule has 2 heterocycles. The van der Waals surface area contributed by atoms with Gasteiger partial charge in [-0.1, -0.05) is 38.1 Å². The molecular weight excluding hydrogens is 463 g/mol. The van der Waals surface area contributed by atoms with Crippen molar-refractivity contribution in [3.05, 3.63) is 80.5 Å². The van der Waals surface area contributed by atoms with Crippen molar-refractivity contribution >= 4 is 22.6 Å². The van der Waals surface area contributed by atoms with E-state index >= 15 is 0 Å². The number of amides is 1. The number of alkyl halides is 3. The van der Waals surface area contributed by atoms with Crippen LogP contribution in [0.1, 0.15) is 31.4 Å². The number of carbonyl (C=O) groups is 1. The highest BCUT2D eigenvalue weighted by molar-refractivity contribution is 5.80. The minimum Gasteiger partial charge on any atom is -0.356 e. The number of hydrogen-bond donors (Lipinski definition) is 1. The number of nitrogens with zero attached hydrogens (tertiary/aromatic N) is 4. The van der Waals surface area contributed by atoms with Gasteiger partial charge in [0, 0.05) is 19.5 Å². The molecule has 4 rings (SSSR count). The largest absolute Gasteiger partial charge is 0.416 e. The third-order valence-corrected chi connectivity index (χ3v) is 5.54. The van der Waals surface area contributed by atoms with Gasteiger partial charge in [0.05, 0.1) is 23.0 Å². The van der Waals surface area contributed by atoms with Crippen molar-refractivity contribution in [2.24, 2.45) is 5.92 Å². The van der Waals surface area contributed by atoms with Gasteiger partial charge in [-0.15, -0.1) is 5.10 Å². The van der Waals surface area contributed by atoms with Crippen LogP contribution >= 0.6 is 0 Å². The van der Waals surface area contributed by atoms with Gasteiger partial charge in [0.1, 0.15) is 0 Å². The summed E-state index contributed by atoms with van der Waals surface area (Å²) < 4.78 is 42.9. The lowest BCUT2D eigenvalue weighted by molar-refractivity contribution is -0.137. The van der Waals surface area contributed by atoms with Crippen molar-refractivity contribution < 1.29 is 18.0 Å². The zero-order valence-electron chi connectivity index (χ0n) is 19.2. The molecule has 11 heteroatoms. The summed E-state index contributed by atoms with van der Waals surface area (Å²) in [6.45, 7) is 4.17. The Morgan fingerprint density at radius 2 is 1.83 bits per heavy atom. The van der Waals surface area contributed by atoms with Crippen molar-refractivity contribution in [3.63, 3.8) is 0 Å². The molecule has 0 unspecified atom stereocenters. The second-order valence-corrected chi connectivity index (χ2v) is 8.70. The van der Waals surface area contributed by atoms with Crippen molar-refractivity contribution in [1.82, 2.24) is 24.1 Å². The van der Waals surface area contributed by atoms with Gasteiger partial charge in [0.2, 0.25) is 11.7 Å². The van der Waals surface area contributed by atoms with Crippen LogP contribution in [0.5, 0.6) is 0 Å². The molecule has 0 saturated carbocycles. The zero-order valence-corrected chi connectivity index (χ0v) is 19.2. The van der Waals surface area contributed by atoms with E-state index in [2.05, 4.69) is 10.4 Å². The van der Waals surface area contributed by atoms with Crippen LogP contribution in [-0.2, 0) is 24.1 Å². The highest BCUT2D eigenvalue weighted by atomic mass is 19.4. The molecule has 0 spiro atoms. The first-order valence-corrected chi connectivity index (χ1v) is 11.1. The van der Waals surface area contributed by atoms with Gasteiger partial charge < -0.3 is 5.32 Å². The normalized spacial score (nSPS) is 12.1. The summed E-state index contributed by atoms with van der Waals surface area (Å²) in [5, 5.41) is 7.33. The van der Waals surface area contributed by atoms with Gasteiger partial charge in [-0.2, -0.15) is 13.2 Å². The van der Waals surface area contributed by atoms with E-state index in [1.54, 1.807) is 24.3 Å². The average Bonchev–Trinajstić information content (AvgIpc) is 3.13. The molecule has 0 aliphatic rings. The van der Waals surface area contributed by atoms with E-state index in [0.717, 1.165) is 16.8 Å². The van der Waals surface area contributed by atoms with Gasteiger partial charge in [-0.3, -0.25) is 14.2 Å². The molecule has 1 N–H and O–H groups in total. The Labute approximate surface area is 197 Å². The summed E-state index contributed by atoms with van der Waals surface area (Å²) in [4.78, 5) is 38.7. The molecule has 0 saturated heterocycles. The SMILES string of the molecule is CC(C)CNC(=O)CCn1c(=O)c2ccccc2n2c(=O)n(Cc3cccc(C(F)(F)F)c3)nc12. The Balaban J connectivity index is 1.78. The van der Waals surface area contributed by atoms with E-state index in [1.165, 1.54) is 21.1 Å². The molecule has 0 aliphatic carbocycles. The third kappa shape index (κ3) is 4.98. The average molecular weight is 487 g/mol. The number of carbonyl (C=O) groups excluding carboxylic acids is 1. The number of aryl methyl sites for hydroxylation is 1. The number of benzene rings is 2. The predicted molar refractivity (Wildman–Crippen MR) is 124 cm³/mol. The molecule has 8 nitrogen and oxygen atoms in total. The third-order valence-electron chi connectivity index (χ3n) is 5.54. The lowest BCUT2D eigenvalue weighted by Gasteiger charge is -2.11. The van der Waals surface area contributed by atoms with Crippen LogP contribution in [0, 0.1) is 5.92 Å². The fourth-order valence-corrected chi connectivity index (χ4v) is 3.81. The van der Waals surface area contributed by atoms with E-state index in [4.69, 9.17) is 0 Å². The number of halogens is 3. The summed E-state index contributed by atoms with van der Waals surface area (Å²) in [5.74, 6) is 0.0316. The lowest BCUT2D eigenvalue weighted by atomic mass is 10.1. The Bertz CT molecular complexity index is 1520. The minimum atomic E-state index is -4.52. The van der Waals surface area contributed by atoms with Crippen LogP contribution in [0.15, 0.2) is 58.1 Å². The van der Waals surface area contributed by atoms with E-state index in [-0.39, 0.29) is 48.1 Å². The maximum absolute atomic E-state index is 13.3. The van der Waals surface area contributed by atoms with Crippen LogP contribution in [0.2, 0.25) is 0 Å². The summed E-state index contributed by atoms with van der Waals surface area (Å²) in [5.41, 5.74) is -1.29. The zero-order chi connectivity index (χ0) is 25.3. The standard InChI is InChI=1S/C24H24F3N5O3/c1-15(2)13-28-20(33)10-11-30-21(34)18-8-3-4-9-19(18)32-22(30)29-31(23(32)35)14-16-6-5-7-17(12-16)24(25,26)27/h3-9,12,15H,10-11,13-14H2,1-2H3,(H,28,33). The summed E-state index contributed by atoms with van der Waals surface area (Å²) in [7, 11) is 0. The Morgan fingerprint density at radius 1 is 1.09 bits per heavy atom. The monoisotopic (exact) mass is 487 g/mol. The lowest BCUT2D eigenvalue weighted by Crippen LogP contribution is -2.31. The fraction of sp³-hybridized carbons (Fsp3) is 0.333. The van der Waals surface area contributed by atoms with Gasteiger partial charge in [-0.25, -0.2) is 13.9 Å². The molecule has 0 aliphatic heterocycles. The number of nitrogens with one attached hydrogen (secondary N) is 1. The number of fused-ring (bicyclic) bond motifs is 3. The molecule has 1 amide bonds. The molecular formula is C24H24F3N5O3. The maximum atomic E-state index is 13.3. The molecule has 184 valence electrons. The van der Waals surface area contributed by atoms with Crippen LogP contribution < -0.4 is 16.6 Å². The van der Waals surface area contributed by atoms with Crippen molar-refractivity contribution in [2.45, 2.75) is 39.5 Å². The van der Waals surface area contributed by atoms with E-state index < -0.39 is 23.0 Å². The first kappa shape index (κ1) is 24.2. The number of rotatable bonds is 7. The van der Waals surface area contributed by atoms with Crippen LogP contribution in [0.3, 0.4) is 0 Å². The van der Waals surface area contributed by atoms with Gasteiger partial charge in [0.25, 0.3) is 5.56 Å². The quantitative estimate of drug-likeness (QED) is 0.434. The fourth-order valence-electron chi connectivity index (χ4n) is 3.81. The Morgan fingerprint density at radius 3 is 2.54 bits per heavy atom. The molecule has 0 atom stereocenters. The first-order chi connectivity index (χ1) is 16.6. The van der Waals surface area contributed by atoms with Crippen molar-refractivity contribution in [1.29, 1.82) is 0 Å². The molecule has 0 fully saturated rings. The molecule has 0 radical (unpaired) electrons. The number of hydrogen-bond acceptors (Lipinski definition) is 4. The van der Waals surface area contributed by atoms with Crippen molar-refractivity contribution in [2.75, 3.05) is 6.54 Å². The van der Waals surface area contributed by atoms with E-state index in [9.17, 15) is 27.6 Å². The Hall–Kier alpha value is -3.89. The van der Waals surface area contributed by atoms with E-state index in [1.807, 2.05) is 13.8 Å². The van der Waals surface area contributed by atoms with Gasteiger partial charge >= 0.3 is 11.9 Å². The molecule has 35 heavy (non-hydrogen) atoms. The summed E-state index contributed by atoms with van der Waals surface area (Å²) in [6, 6.07) is 11.1. The predicted octanol–water partition coefficient (Wildman–Crippen LogP) is 3.04. The van der Waals surface area contributed by atoms with Gasteiger partial charge in [-0.05, 0) is 35.7 Å². The van der Waals surface area contributed by atoms with Crippen molar-refractivity contribution in [3.8, 4) is 0 Å². The second-order valence-electron chi connectivity index (χ2n) is 8.70. The highest BCUT2D eigenvalue weighted by Gasteiger charge is 2.30. The van der Waals surface area contributed by atoms with Crippen LogP contribution in [0.25, 0.3) is 16.7 Å². The highest BCUT2D eigenvalue weighted by Crippen LogP contribution is 2.29. The topological polar surface area (TPSA) is 90.4 Å². The summed E-state index contributed by atoms with van der Waals surface area (Å²) >= 11 is 0. The van der Waals surface area contributed by atoms with Crippen LogP contribution in [-0.4, -0.2) is 31.2 Å². The minimum absolute atomic E-state index is 0.00466. The molecule has 0 bridgehead atoms. The van der Waals surface area contributed by atoms with Gasteiger partial charge in [0.15, 0.2) is 0 Å². The summed E-state index contributed by atoms with van der Waals surface area (Å²) in [6.07, 6.45) is -4.53. The number of aromatic nitrogens is 4. The van der Waals surface area contributed by atoms with Crippen LogP contribution in [0.4, 0.5) is 13.2 Å². The number of para-hydroxylation sites is 1. The molecule has 2 aromatic heterocycles.